The van der Waals surface area contributed by atoms with Gasteiger partial charge in [-0.3, -0.25) is 4.79 Å². The van der Waals surface area contributed by atoms with Gasteiger partial charge in [0.15, 0.2) is 0 Å². The maximum absolute atomic E-state index is 12.5. The van der Waals surface area contributed by atoms with Crippen LogP contribution >= 0.6 is 0 Å². The van der Waals surface area contributed by atoms with Gasteiger partial charge < -0.3 is 14.4 Å². The van der Waals surface area contributed by atoms with Crippen molar-refractivity contribution < 1.29 is 14.3 Å². The summed E-state index contributed by atoms with van der Waals surface area (Å²) < 4.78 is 11.1. The normalized spacial score (nSPS) is 17.2. The van der Waals surface area contributed by atoms with Gasteiger partial charge in [-0.25, -0.2) is 9.97 Å². The molecule has 1 fully saturated rings. The monoisotopic (exact) mass is 341 g/mol. The summed E-state index contributed by atoms with van der Waals surface area (Å²) in [5.74, 6) is 0.923. The number of methoxy groups -OCH3 is 1. The van der Waals surface area contributed by atoms with Crippen molar-refractivity contribution in [3.05, 3.63) is 48.3 Å². The summed E-state index contributed by atoms with van der Waals surface area (Å²) in [5, 5.41) is 0. The van der Waals surface area contributed by atoms with Crippen molar-refractivity contribution in [1.29, 1.82) is 0 Å². The van der Waals surface area contributed by atoms with Crippen molar-refractivity contribution in [1.82, 2.24) is 14.9 Å². The second-order valence-corrected chi connectivity index (χ2v) is 6.08. The molecular weight excluding hydrogens is 318 g/mol. The number of ether oxygens (including phenoxy) is 2. The highest BCUT2D eigenvalue weighted by atomic mass is 16.5. The number of rotatable bonds is 6. The molecule has 3 rings (SSSR count). The van der Waals surface area contributed by atoms with E-state index in [9.17, 15) is 4.79 Å². The third-order valence-electron chi connectivity index (χ3n) is 4.31. The molecule has 0 aliphatic carbocycles. The minimum atomic E-state index is -0.0833. The molecule has 1 amide bonds. The number of aryl methyl sites for hydroxylation is 1. The number of carbonyl (C=O) groups excluding carboxylic acids is 1. The number of likely N-dealkylation sites (tertiary alicyclic amines) is 1. The first kappa shape index (κ1) is 17.2. The molecule has 1 aliphatic heterocycles. The number of hydrogen-bond acceptors (Lipinski definition) is 5. The Labute approximate surface area is 147 Å². The maximum Gasteiger partial charge on any atom is 0.278 e. The first-order valence-electron chi connectivity index (χ1n) is 8.59. The molecule has 0 spiro atoms. The first-order chi connectivity index (χ1) is 12.3. The second kappa shape index (κ2) is 8.46. The van der Waals surface area contributed by atoms with E-state index in [1.165, 1.54) is 12.7 Å². The van der Waals surface area contributed by atoms with Crippen molar-refractivity contribution in [2.75, 3.05) is 20.2 Å². The molecule has 0 bridgehead atoms. The lowest BCUT2D eigenvalue weighted by molar-refractivity contribution is -0.133. The number of carbonyl (C=O) groups is 1. The molecule has 0 radical (unpaired) electrons. The zero-order chi connectivity index (χ0) is 17.5. The zero-order valence-electron chi connectivity index (χ0n) is 14.4. The van der Waals surface area contributed by atoms with Gasteiger partial charge >= 0.3 is 0 Å². The molecule has 1 aromatic carbocycles. The van der Waals surface area contributed by atoms with Gasteiger partial charge in [0.1, 0.15) is 6.10 Å². The molecule has 1 atom stereocenters. The lowest BCUT2D eigenvalue weighted by atomic mass is 10.1. The van der Waals surface area contributed by atoms with Crippen LogP contribution in [0.25, 0.3) is 0 Å². The average molecular weight is 341 g/mol. The molecule has 1 aliphatic rings. The largest absolute Gasteiger partial charge is 0.477 e. The van der Waals surface area contributed by atoms with Crippen LogP contribution in [-0.4, -0.2) is 47.1 Å². The minimum absolute atomic E-state index is 0.0833. The van der Waals surface area contributed by atoms with E-state index in [-0.39, 0.29) is 12.0 Å². The van der Waals surface area contributed by atoms with Crippen LogP contribution in [0.2, 0.25) is 0 Å². The van der Waals surface area contributed by atoms with E-state index < -0.39 is 0 Å². The van der Waals surface area contributed by atoms with E-state index in [0.717, 1.165) is 25.8 Å². The number of nitrogens with zero attached hydrogens (tertiary/aromatic N) is 3. The Morgan fingerprint density at radius 3 is 2.72 bits per heavy atom. The van der Waals surface area contributed by atoms with Crippen molar-refractivity contribution in [3.63, 3.8) is 0 Å². The van der Waals surface area contributed by atoms with Gasteiger partial charge in [-0.15, -0.1) is 0 Å². The van der Waals surface area contributed by atoms with Crippen molar-refractivity contribution in [2.45, 2.75) is 31.8 Å². The summed E-state index contributed by atoms with van der Waals surface area (Å²) >= 11 is 0. The summed E-state index contributed by atoms with van der Waals surface area (Å²) in [7, 11) is 1.54. The summed E-state index contributed by atoms with van der Waals surface area (Å²) in [5.41, 5.74) is 1.19. The molecule has 2 aromatic rings. The molecule has 2 heterocycles. The molecule has 0 saturated carbocycles. The molecule has 0 N–H and O–H groups in total. The van der Waals surface area contributed by atoms with Gasteiger partial charge in [-0.1, -0.05) is 30.3 Å². The van der Waals surface area contributed by atoms with Crippen LogP contribution in [0.3, 0.4) is 0 Å². The van der Waals surface area contributed by atoms with Crippen LogP contribution in [0, 0.1) is 0 Å². The number of amides is 1. The molecule has 1 saturated heterocycles. The highest BCUT2D eigenvalue weighted by Gasteiger charge is 2.26. The molecule has 6 nitrogen and oxygen atoms in total. The molecule has 1 aromatic heterocycles. The van der Waals surface area contributed by atoms with Crippen molar-refractivity contribution >= 4 is 5.91 Å². The zero-order valence-corrected chi connectivity index (χ0v) is 14.4. The smallest absolute Gasteiger partial charge is 0.278 e. The van der Waals surface area contributed by atoms with E-state index in [1.54, 1.807) is 12.4 Å². The van der Waals surface area contributed by atoms with Gasteiger partial charge in [0.05, 0.1) is 13.7 Å². The molecule has 6 heteroatoms. The molecule has 132 valence electrons. The summed E-state index contributed by atoms with van der Waals surface area (Å²) in [6.45, 7) is 1.36. The molecular formula is C19H23N3O3. The predicted molar refractivity (Wildman–Crippen MR) is 93.6 cm³/mol. The fourth-order valence-corrected chi connectivity index (χ4v) is 3.01. The Balaban J connectivity index is 1.54. The van der Waals surface area contributed by atoms with Gasteiger partial charge in [0.2, 0.25) is 5.91 Å². The number of benzene rings is 1. The average Bonchev–Trinajstić information content (AvgIpc) is 2.67. The quantitative estimate of drug-likeness (QED) is 0.808. The van der Waals surface area contributed by atoms with Crippen LogP contribution in [0.1, 0.15) is 24.8 Å². The van der Waals surface area contributed by atoms with Crippen LogP contribution in [0.4, 0.5) is 0 Å². The minimum Gasteiger partial charge on any atom is -0.477 e. The molecule has 25 heavy (non-hydrogen) atoms. The summed E-state index contributed by atoms with van der Waals surface area (Å²) in [6.07, 6.45) is 6.15. The maximum atomic E-state index is 12.5. The van der Waals surface area contributed by atoms with Gasteiger partial charge in [-0.2, -0.15) is 0 Å². The lowest BCUT2D eigenvalue weighted by Crippen LogP contribution is -2.44. The first-order valence-corrected chi connectivity index (χ1v) is 8.59. The third kappa shape index (κ3) is 4.68. The van der Waals surface area contributed by atoms with Crippen molar-refractivity contribution in [2.24, 2.45) is 0 Å². The SMILES string of the molecule is COc1nccnc1O[C@H]1CCCN(C(=O)CCc2ccccc2)C1. The van der Waals surface area contributed by atoms with Gasteiger partial charge in [0, 0.05) is 25.4 Å². The fraction of sp³-hybridized carbons (Fsp3) is 0.421. The van der Waals surface area contributed by atoms with E-state index in [0.29, 0.717) is 24.7 Å². The predicted octanol–water partition coefficient (Wildman–Crippen LogP) is 2.49. The Bertz CT molecular complexity index is 693. The van der Waals surface area contributed by atoms with Crippen LogP contribution in [0.15, 0.2) is 42.7 Å². The fourth-order valence-electron chi connectivity index (χ4n) is 3.01. The van der Waals surface area contributed by atoms with Crippen LogP contribution < -0.4 is 9.47 Å². The highest BCUT2D eigenvalue weighted by molar-refractivity contribution is 5.76. The molecule has 0 unspecified atom stereocenters. The van der Waals surface area contributed by atoms with Crippen LogP contribution in [-0.2, 0) is 11.2 Å². The Morgan fingerprint density at radius 1 is 1.20 bits per heavy atom. The highest BCUT2D eigenvalue weighted by Crippen LogP contribution is 2.24. The van der Waals surface area contributed by atoms with Crippen molar-refractivity contribution in [3.8, 4) is 11.8 Å². The second-order valence-electron chi connectivity index (χ2n) is 6.08. The number of aromatic nitrogens is 2. The number of hydrogen-bond donors (Lipinski definition) is 0. The topological polar surface area (TPSA) is 64.6 Å². The number of piperidine rings is 1. The summed E-state index contributed by atoms with van der Waals surface area (Å²) in [6, 6.07) is 10.1. The van der Waals surface area contributed by atoms with Gasteiger partial charge in [0.25, 0.3) is 11.8 Å². The third-order valence-corrected chi connectivity index (χ3v) is 4.31. The van der Waals surface area contributed by atoms with E-state index in [4.69, 9.17) is 9.47 Å². The van der Waals surface area contributed by atoms with E-state index >= 15 is 0 Å². The lowest BCUT2D eigenvalue weighted by Gasteiger charge is -2.32. The standard InChI is InChI=1S/C19H23N3O3/c1-24-18-19(21-12-11-20-18)25-16-8-5-13-22(14-16)17(23)10-9-15-6-3-2-4-7-15/h2-4,6-7,11-12,16H,5,8-10,13-14H2,1H3/t16-/m0/s1. The summed E-state index contributed by atoms with van der Waals surface area (Å²) in [4.78, 5) is 22.7. The Kier molecular flexibility index (Phi) is 5.82. The van der Waals surface area contributed by atoms with Crippen LogP contribution in [0.5, 0.6) is 11.8 Å². The Morgan fingerprint density at radius 2 is 1.96 bits per heavy atom. The Hall–Kier alpha value is -2.63. The van der Waals surface area contributed by atoms with E-state index in [1.807, 2.05) is 23.1 Å². The van der Waals surface area contributed by atoms with E-state index in [2.05, 4.69) is 22.1 Å². The van der Waals surface area contributed by atoms with Gasteiger partial charge in [-0.05, 0) is 24.8 Å².